The van der Waals surface area contributed by atoms with Gasteiger partial charge >= 0.3 is 0 Å². The maximum atomic E-state index is 12.1. The minimum absolute atomic E-state index is 0. The molecule has 1 amide bonds. The van der Waals surface area contributed by atoms with Crippen molar-refractivity contribution < 1.29 is 4.79 Å². The molecule has 0 radical (unpaired) electrons. The number of carbonyl (C=O) groups is 1. The van der Waals surface area contributed by atoms with E-state index in [4.69, 9.17) is 0 Å². The topological polar surface area (TPSA) is 50.2 Å². The quantitative estimate of drug-likeness (QED) is 0.802. The number of aromatic nitrogens is 2. The Morgan fingerprint density at radius 3 is 2.82 bits per heavy atom. The Balaban J connectivity index is 0.00000144. The smallest absolute Gasteiger partial charge is 0.274 e. The van der Waals surface area contributed by atoms with Gasteiger partial charge in [-0.05, 0) is 26.0 Å². The van der Waals surface area contributed by atoms with E-state index in [0.717, 1.165) is 38.3 Å². The summed E-state index contributed by atoms with van der Waals surface area (Å²) in [7, 11) is 1.86. The normalized spacial score (nSPS) is 16.2. The van der Waals surface area contributed by atoms with Gasteiger partial charge in [0.25, 0.3) is 5.91 Å². The average molecular weight is 259 g/mol. The van der Waals surface area contributed by atoms with Gasteiger partial charge in [0, 0.05) is 32.4 Å². The summed E-state index contributed by atoms with van der Waals surface area (Å²) in [4.78, 5) is 14.0. The predicted molar refractivity (Wildman–Crippen MR) is 68.6 cm³/mol. The molecule has 0 atom stereocenters. The third-order valence-electron chi connectivity index (χ3n) is 2.96. The van der Waals surface area contributed by atoms with E-state index < -0.39 is 0 Å². The Labute approximate surface area is 108 Å². The number of hydrogen-bond donors (Lipinski definition) is 1. The summed E-state index contributed by atoms with van der Waals surface area (Å²) in [5, 5.41) is 7.50. The molecule has 1 aromatic heterocycles. The van der Waals surface area contributed by atoms with Crippen LogP contribution >= 0.6 is 12.4 Å². The van der Waals surface area contributed by atoms with Gasteiger partial charge in [-0.1, -0.05) is 0 Å². The SMILES string of the molecule is Cc1cc(C(=O)N2CCCNCC2)nn1C.Cl. The molecule has 1 fully saturated rings. The zero-order valence-corrected chi connectivity index (χ0v) is 11.1. The minimum Gasteiger partial charge on any atom is -0.336 e. The lowest BCUT2D eigenvalue weighted by atomic mass is 10.3. The first kappa shape index (κ1) is 14.0. The van der Waals surface area contributed by atoms with Crippen molar-refractivity contribution in [3.63, 3.8) is 0 Å². The second-order valence-electron chi connectivity index (χ2n) is 4.19. The average Bonchev–Trinajstić information content (AvgIpc) is 2.51. The van der Waals surface area contributed by atoms with Crippen LogP contribution in [0.2, 0.25) is 0 Å². The van der Waals surface area contributed by atoms with Gasteiger partial charge in [-0.15, -0.1) is 12.4 Å². The molecule has 2 heterocycles. The molecule has 5 nitrogen and oxygen atoms in total. The van der Waals surface area contributed by atoms with Crippen molar-refractivity contribution >= 4 is 18.3 Å². The molecule has 1 aliphatic rings. The molecule has 0 aliphatic carbocycles. The van der Waals surface area contributed by atoms with Gasteiger partial charge in [0.15, 0.2) is 5.69 Å². The molecule has 6 heteroatoms. The van der Waals surface area contributed by atoms with Crippen LogP contribution in [-0.4, -0.2) is 46.8 Å². The summed E-state index contributed by atoms with van der Waals surface area (Å²) < 4.78 is 1.74. The lowest BCUT2D eigenvalue weighted by molar-refractivity contribution is 0.0759. The maximum absolute atomic E-state index is 12.1. The number of rotatable bonds is 1. The van der Waals surface area contributed by atoms with Crippen molar-refractivity contribution in [2.75, 3.05) is 26.2 Å². The molecule has 0 unspecified atom stereocenters. The van der Waals surface area contributed by atoms with Crippen LogP contribution in [0.15, 0.2) is 6.07 Å². The van der Waals surface area contributed by atoms with E-state index in [-0.39, 0.29) is 18.3 Å². The van der Waals surface area contributed by atoms with Crippen molar-refractivity contribution in [3.8, 4) is 0 Å². The van der Waals surface area contributed by atoms with Crippen molar-refractivity contribution in [1.82, 2.24) is 20.0 Å². The maximum Gasteiger partial charge on any atom is 0.274 e. The molecule has 0 aromatic carbocycles. The van der Waals surface area contributed by atoms with Crippen molar-refractivity contribution in [1.29, 1.82) is 0 Å². The number of nitrogens with zero attached hydrogens (tertiary/aromatic N) is 3. The first-order valence-electron chi connectivity index (χ1n) is 5.69. The Hall–Kier alpha value is -1.07. The third kappa shape index (κ3) is 3.20. The summed E-state index contributed by atoms with van der Waals surface area (Å²) in [5.74, 6) is 0.0485. The monoisotopic (exact) mass is 258 g/mol. The second kappa shape index (κ2) is 6.02. The van der Waals surface area contributed by atoms with Crippen LogP contribution in [0.3, 0.4) is 0 Å². The fourth-order valence-electron chi connectivity index (χ4n) is 1.88. The third-order valence-corrected chi connectivity index (χ3v) is 2.96. The molecular weight excluding hydrogens is 240 g/mol. The van der Waals surface area contributed by atoms with Crippen LogP contribution in [0.5, 0.6) is 0 Å². The molecule has 0 bridgehead atoms. The van der Waals surface area contributed by atoms with E-state index in [2.05, 4.69) is 10.4 Å². The van der Waals surface area contributed by atoms with Crippen LogP contribution in [0.1, 0.15) is 22.6 Å². The summed E-state index contributed by atoms with van der Waals surface area (Å²) in [5.41, 5.74) is 1.57. The summed E-state index contributed by atoms with van der Waals surface area (Å²) in [6.45, 7) is 5.41. The molecule has 1 saturated heterocycles. The zero-order valence-electron chi connectivity index (χ0n) is 10.3. The molecule has 1 aliphatic heterocycles. The van der Waals surface area contributed by atoms with E-state index in [1.165, 1.54) is 0 Å². The van der Waals surface area contributed by atoms with Crippen molar-refractivity contribution in [2.45, 2.75) is 13.3 Å². The number of halogens is 1. The Bertz CT molecular complexity index is 363. The van der Waals surface area contributed by atoms with Crippen LogP contribution in [0.25, 0.3) is 0 Å². The van der Waals surface area contributed by atoms with Gasteiger partial charge < -0.3 is 10.2 Å². The molecule has 1 N–H and O–H groups in total. The van der Waals surface area contributed by atoms with E-state index >= 15 is 0 Å². The number of amides is 1. The van der Waals surface area contributed by atoms with E-state index in [9.17, 15) is 4.79 Å². The van der Waals surface area contributed by atoms with Gasteiger partial charge in [-0.3, -0.25) is 9.48 Å². The summed E-state index contributed by atoms with van der Waals surface area (Å²) in [6.07, 6.45) is 1.01. The van der Waals surface area contributed by atoms with E-state index in [1.54, 1.807) is 4.68 Å². The summed E-state index contributed by atoms with van der Waals surface area (Å²) >= 11 is 0. The van der Waals surface area contributed by atoms with Crippen LogP contribution in [-0.2, 0) is 7.05 Å². The first-order chi connectivity index (χ1) is 7.68. The largest absolute Gasteiger partial charge is 0.336 e. The lowest BCUT2D eigenvalue weighted by Crippen LogP contribution is -2.34. The highest BCUT2D eigenvalue weighted by Gasteiger charge is 2.19. The van der Waals surface area contributed by atoms with Gasteiger partial charge in [-0.2, -0.15) is 5.10 Å². The molecule has 0 saturated carbocycles. The fraction of sp³-hybridized carbons (Fsp3) is 0.636. The van der Waals surface area contributed by atoms with Gasteiger partial charge in [0.05, 0.1) is 0 Å². The highest BCUT2D eigenvalue weighted by molar-refractivity contribution is 5.92. The van der Waals surface area contributed by atoms with Crippen LogP contribution in [0.4, 0.5) is 0 Å². The Morgan fingerprint density at radius 1 is 1.41 bits per heavy atom. The fourth-order valence-corrected chi connectivity index (χ4v) is 1.88. The van der Waals surface area contributed by atoms with E-state index in [0.29, 0.717) is 5.69 Å². The van der Waals surface area contributed by atoms with E-state index in [1.807, 2.05) is 24.9 Å². The minimum atomic E-state index is 0. The standard InChI is InChI=1S/C11H18N4O.ClH/c1-9-8-10(13-14(9)2)11(16)15-6-3-4-12-5-7-15;/h8,12H,3-7H2,1-2H3;1H. The zero-order chi connectivity index (χ0) is 11.5. The number of aryl methyl sites for hydroxylation is 2. The predicted octanol–water partition coefficient (Wildman–Crippen LogP) is 0.586. The van der Waals surface area contributed by atoms with Gasteiger partial charge in [-0.25, -0.2) is 0 Å². The van der Waals surface area contributed by atoms with Crippen LogP contribution in [0, 0.1) is 6.92 Å². The molecule has 0 spiro atoms. The van der Waals surface area contributed by atoms with Crippen molar-refractivity contribution in [2.24, 2.45) is 7.05 Å². The Kier molecular flexibility index (Phi) is 4.96. The highest BCUT2D eigenvalue weighted by Crippen LogP contribution is 2.07. The molecule has 17 heavy (non-hydrogen) atoms. The van der Waals surface area contributed by atoms with Crippen molar-refractivity contribution in [3.05, 3.63) is 17.5 Å². The number of hydrogen-bond acceptors (Lipinski definition) is 3. The summed E-state index contributed by atoms with van der Waals surface area (Å²) in [6, 6.07) is 1.85. The van der Waals surface area contributed by atoms with Gasteiger partial charge in [0.2, 0.25) is 0 Å². The first-order valence-corrected chi connectivity index (χ1v) is 5.69. The van der Waals surface area contributed by atoms with Crippen LogP contribution < -0.4 is 5.32 Å². The molecule has 1 aromatic rings. The molecule has 96 valence electrons. The number of nitrogens with one attached hydrogen (secondary N) is 1. The van der Waals surface area contributed by atoms with Gasteiger partial charge in [0.1, 0.15) is 0 Å². The molecule has 2 rings (SSSR count). The number of carbonyl (C=O) groups excluding carboxylic acids is 1. The lowest BCUT2D eigenvalue weighted by Gasteiger charge is -2.18. The Morgan fingerprint density at radius 2 is 2.18 bits per heavy atom. The molecular formula is C11H19ClN4O. The highest BCUT2D eigenvalue weighted by atomic mass is 35.5. The second-order valence-corrected chi connectivity index (χ2v) is 4.19.